The quantitative estimate of drug-likeness (QED) is 0.598. The molecule has 5 heteroatoms. The number of rotatable bonds is 7. The van der Waals surface area contributed by atoms with Gasteiger partial charge >= 0.3 is 0 Å². The normalized spacial score (nSPS) is 19.9. The molecule has 0 radical (unpaired) electrons. The number of nitrogens with zero attached hydrogens (tertiary/aromatic N) is 2. The lowest BCUT2D eigenvalue weighted by Gasteiger charge is -2.33. The van der Waals surface area contributed by atoms with E-state index in [1.807, 2.05) is 24.4 Å². The van der Waals surface area contributed by atoms with Crippen LogP contribution in [-0.4, -0.2) is 37.4 Å². The van der Waals surface area contributed by atoms with Gasteiger partial charge in [0, 0.05) is 42.8 Å². The molecule has 0 bridgehead atoms. The monoisotopic (exact) mass is 452 g/mol. The molecule has 1 atom stereocenters. The maximum atomic E-state index is 9.31. The van der Waals surface area contributed by atoms with Gasteiger partial charge < -0.3 is 15.4 Å². The molecular weight excluding hydrogens is 420 g/mol. The number of allylic oxidation sites excluding steroid dienone is 3. The SMILES string of the molecule is N#Cc1cccc(-c2cc3c(c(NC4CCN(COCC5C=CC=CC5)CC4)c2)CNC=C3)c1. The van der Waals surface area contributed by atoms with Crippen LogP contribution in [0, 0.1) is 17.2 Å². The first-order valence-corrected chi connectivity index (χ1v) is 12.3. The highest BCUT2D eigenvalue weighted by Crippen LogP contribution is 2.33. The lowest BCUT2D eigenvalue weighted by molar-refractivity contribution is 0.00757. The topological polar surface area (TPSA) is 60.3 Å². The summed E-state index contributed by atoms with van der Waals surface area (Å²) in [6, 6.07) is 15.0. The van der Waals surface area contributed by atoms with E-state index in [0.29, 0.717) is 17.5 Å². The molecule has 1 aliphatic carbocycles. The van der Waals surface area contributed by atoms with Gasteiger partial charge in [-0.05, 0) is 72.5 Å². The highest BCUT2D eigenvalue weighted by molar-refractivity contribution is 5.77. The molecule has 0 amide bonds. The summed E-state index contributed by atoms with van der Waals surface area (Å²) >= 11 is 0. The Balaban J connectivity index is 1.22. The third kappa shape index (κ3) is 5.41. The van der Waals surface area contributed by atoms with E-state index in [1.54, 1.807) is 0 Å². The Hall–Kier alpha value is -3.33. The van der Waals surface area contributed by atoms with Crippen LogP contribution in [0.15, 0.2) is 66.9 Å². The van der Waals surface area contributed by atoms with Crippen LogP contribution in [-0.2, 0) is 11.3 Å². The van der Waals surface area contributed by atoms with E-state index in [9.17, 15) is 5.26 Å². The van der Waals surface area contributed by atoms with Crippen molar-refractivity contribution in [2.75, 3.05) is 31.7 Å². The number of nitriles is 1. The predicted octanol–water partition coefficient (Wildman–Crippen LogP) is 5.28. The first kappa shape index (κ1) is 22.5. The number of benzene rings is 2. The van der Waals surface area contributed by atoms with Crippen molar-refractivity contribution in [3.63, 3.8) is 0 Å². The van der Waals surface area contributed by atoms with Crippen molar-refractivity contribution in [2.45, 2.75) is 31.8 Å². The largest absolute Gasteiger partial charge is 0.387 e. The fourth-order valence-corrected chi connectivity index (χ4v) is 4.93. The smallest absolute Gasteiger partial charge is 0.0991 e. The Morgan fingerprint density at radius 3 is 2.85 bits per heavy atom. The summed E-state index contributed by atoms with van der Waals surface area (Å²) in [4.78, 5) is 2.42. The molecule has 174 valence electrons. The molecule has 5 nitrogen and oxygen atoms in total. The molecule has 2 aliphatic heterocycles. The Kier molecular flexibility index (Phi) is 7.09. The van der Waals surface area contributed by atoms with Gasteiger partial charge in [0.15, 0.2) is 0 Å². The van der Waals surface area contributed by atoms with Crippen molar-refractivity contribution in [3.05, 3.63) is 83.6 Å². The van der Waals surface area contributed by atoms with Crippen LogP contribution in [0.4, 0.5) is 5.69 Å². The van der Waals surface area contributed by atoms with Crippen molar-refractivity contribution in [1.82, 2.24) is 10.2 Å². The average Bonchev–Trinajstić information content (AvgIpc) is 2.90. The van der Waals surface area contributed by atoms with Crippen molar-refractivity contribution >= 4 is 11.8 Å². The summed E-state index contributed by atoms with van der Waals surface area (Å²) in [7, 11) is 0. The average molecular weight is 453 g/mol. The minimum absolute atomic E-state index is 0.443. The summed E-state index contributed by atoms with van der Waals surface area (Å²) in [6.45, 7) is 4.43. The van der Waals surface area contributed by atoms with Crippen LogP contribution in [0.2, 0.25) is 0 Å². The number of likely N-dealkylation sites (tertiary alicyclic amines) is 1. The first-order valence-electron chi connectivity index (χ1n) is 12.3. The van der Waals surface area contributed by atoms with Crippen molar-refractivity contribution < 1.29 is 4.74 Å². The third-order valence-corrected chi connectivity index (χ3v) is 6.89. The van der Waals surface area contributed by atoms with E-state index in [0.717, 1.165) is 63.4 Å². The van der Waals surface area contributed by atoms with Crippen LogP contribution in [0.3, 0.4) is 0 Å². The Bertz CT molecular complexity index is 1140. The Morgan fingerprint density at radius 1 is 1.12 bits per heavy atom. The third-order valence-electron chi connectivity index (χ3n) is 6.89. The number of hydrogen-bond donors (Lipinski definition) is 2. The fraction of sp³-hybridized carbons (Fsp3) is 0.345. The van der Waals surface area contributed by atoms with Crippen LogP contribution in [0.25, 0.3) is 17.2 Å². The standard InChI is InChI=1S/C29H32N4O/c30-18-23-7-4-8-24(15-23)26-16-25-9-12-31-19-28(25)29(17-26)32-27-10-13-33(14-11-27)21-34-20-22-5-2-1-3-6-22/h1-5,7-9,12,15-17,22,27,31-32H,6,10-11,13-14,19-21H2. The maximum absolute atomic E-state index is 9.31. The molecule has 0 spiro atoms. The molecular formula is C29H32N4O. The number of fused-ring (bicyclic) bond motifs is 1. The number of hydrogen-bond acceptors (Lipinski definition) is 5. The van der Waals surface area contributed by atoms with Gasteiger partial charge in [-0.3, -0.25) is 4.90 Å². The van der Waals surface area contributed by atoms with Crippen LogP contribution < -0.4 is 10.6 Å². The molecule has 0 saturated carbocycles. The molecule has 5 rings (SSSR count). The van der Waals surface area contributed by atoms with Crippen molar-refractivity contribution in [1.29, 1.82) is 5.26 Å². The lowest BCUT2D eigenvalue weighted by atomic mass is 9.94. The lowest BCUT2D eigenvalue weighted by Crippen LogP contribution is -2.40. The highest BCUT2D eigenvalue weighted by atomic mass is 16.5. The molecule has 1 fully saturated rings. The molecule has 1 saturated heterocycles. The summed E-state index contributed by atoms with van der Waals surface area (Å²) < 4.78 is 6.01. The van der Waals surface area contributed by atoms with Crippen molar-refractivity contribution in [2.24, 2.45) is 5.92 Å². The Morgan fingerprint density at radius 2 is 2.03 bits per heavy atom. The first-order chi connectivity index (χ1) is 16.8. The molecule has 2 heterocycles. The summed E-state index contributed by atoms with van der Waals surface area (Å²) in [5, 5.41) is 16.5. The summed E-state index contributed by atoms with van der Waals surface area (Å²) in [6.07, 6.45) is 16.1. The maximum Gasteiger partial charge on any atom is 0.0991 e. The molecule has 2 N–H and O–H groups in total. The second kappa shape index (κ2) is 10.7. The zero-order chi connectivity index (χ0) is 23.2. The van der Waals surface area contributed by atoms with Crippen LogP contribution in [0.5, 0.6) is 0 Å². The van der Waals surface area contributed by atoms with Gasteiger partial charge in [0.2, 0.25) is 0 Å². The zero-order valence-electron chi connectivity index (χ0n) is 19.5. The zero-order valence-corrected chi connectivity index (χ0v) is 19.5. The number of anilines is 1. The van der Waals surface area contributed by atoms with Gasteiger partial charge in [-0.2, -0.15) is 5.26 Å². The molecule has 1 unspecified atom stereocenters. The molecule has 0 aromatic heterocycles. The molecule has 2 aromatic rings. The van der Waals surface area contributed by atoms with Crippen LogP contribution in [0.1, 0.15) is 36.0 Å². The van der Waals surface area contributed by atoms with Gasteiger partial charge in [-0.25, -0.2) is 0 Å². The van der Waals surface area contributed by atoms with E-state index in [1.165, 1.54) is 16.8 Å². The molecule has 3 aliphatic rings. The van der Waals surface area contributed by atoms with Gasteiger partial charge in [-0.15, -0.1) is 0 Å². The van der Waals surface area contributed by atoms with E-state index < -0.39 is 0 Å². The van der Waals surface area contributed by atoms with Gasteiger partial charge in [0.05, 0.1) is 25.0 Å². The van der Waals surface area contributed by atoms with Crippen LogP contribution >= 0.6 is 0 Å². The highest BCUT2D eigenvalue weighted by Gasteiger charge is 2.21. The number of nitrogens with one attached hydrogen (secondary N) is 2. The molecule has 34 heavy (non-hydrogen) atoms. The van der Waals surface area contributed by atoms with E-state index >= 15 is 0 Å². The number of ether oxygens (including phenoxy) is 1. The summed E-state index contributed by atoms with van der Waals surface area (Å²) in [5.41, 5.74) is 6.64. The van der Waals surface area contributed by atoms with E-state index in [2.05, 4.69) is 70.2 Å². The van der Waals surface area contributed by atoms with E-state index in [-0.39, 0.29) is 0 Å². The van der Waals surface area contributed by atoms with Gasteiger partial charge in [0.1, 0.15) is 0 Å². The Labute approximate surface area is 202 Å². The van der Waals surface area contributed by atoms with Gasteiger partial charge in [-0.1, -0.05) is 36.4 Å². The van der Waals surface area contributed by atoms with Gasteiger partial charge in [0.25, 0.3) is 0 Å². The minimum atomic E-state index is 0.443. The predicted molar refractivity (Wildman–Crippen MR) is 138 cm³/mol. The number of piperidine rings is 1. The fourth-order valence-electron chi connectivity index (χ4n) is 4.93. The molecule has 2 aromatic carbocycles. The second-order valence-electron chi connectivity index (χ2n) is 9.34. The van der Waals surface area contributed by atoms with Crippen molar-refractivity contribution in [3.8, 4) is 17.2 Å². The minimum Gasteiger partial charge on any atom is -0.387 e. The second-order valence-corrected chi connectivity index (χ2v) is 9.34. The van der Waals surface area contributed by atoms with E-state index in [4.69, 9.17) is 4.74 Å². The summed E-state index contributed by atoms with van der Waals surface area (Å²) in [5.74, 6) is 0.513.